The van der Waals surface area contributed by atoms with Crippen molar-refractivity contribution in [3.05, 3.63) is 58.4 Å². The Morgan fingerprint density at radius 1 is 1.20 bits per heavy atom. The monoisotopic (exact) mass is 295 g/mol. The van der Waals surface area contributed by atoms with E-state index in [2.05, 4.69) is 0 Å². The van der Waals surface area contributed by atoms with Crippen LogP contribution in [0.1, 0.15) is 11.1 Å². The van der Waals surface area contributed by atoms with Gasteiger partial charge in [-0.15, -0.1) is 0 Å². The molecule has 0 spiro atoms. The number of nitrogens with two attached hydrogens (primary N) is 1. The lowest BCUT2D eigenvalue weighted by Crippen LogP contribution is -2.02. The molecule has 0 aliphatic carbocycles. The van der Waals surface area contributed by atoms with Gasteiger partial charge in [-0.25, -0.2) is 4.39 Å². The first-order valence-corrected chi connectivity index (χ1v) is 6.45. The maximum absolute atomic E-state index is 13.1. The van der Waals surface area contributed by atoms with Gasteiger partial charge in [0.1, 0.15) is 12.4 Å². The quantitative estimate of drug-likeness (QED) is 0.918. The van der Waals surface area contributed by atoms with E-state index in [1.54, 1.807) is 24.3 Å². The Labute approximate surface area is 122 Å². The standard InChI is InChI=1S/C15H15ClFNO2/c1-19-14-7-11(8-18)6-13(16)15(14)20-9-10-3-2-4-12(17)5-10/h2-7H,8-9,18H2,1H3. The Bertz CT molecular complexity index is 604. The van der Waals surface area contributed by atoms with Gasteiger partial charge < -0.3 is 15.2 Å². The first kappa shape index (κ1) is 14.6. The van der Waals surface area contributed by atoms with Crippen LogP contribution < -0.4 is 15.2 Å². The molecule has 106 valence electrons. The lowest BCUT2D eigenvalue weighted by Gasteiger charge is -2.14. The van der Waals surface area contributed by atoms with Gasteiger partial charge >= 0.3 is 0 Å². The van der Waals surface area contributed by atoms with Crippen molar-refractivity contribution < 1.29 is 13.9 Å². The average Bonchev–Trinajstić information content (AvgIpc) is 2.45. The molecular formula is C15H15ClFNO2. The highest BCUT2D eigenvalue weighted by molar-refractivity contribution is 6.32. The zero-order valence-corrected chi connectivity index (χ0v) is 11.8. The van der Waals surface area contributed by atoms with E-state index in [9.17, 15) is 4.39 Å². The van der Waals surface area contributed by atoms with Gasteiger partial charge in [0.25, 0.3) is 0 Å². The van der Waals surface area contributed by atoms with Crippen molar-refractivity contribution in [3.63, 3.8) is 0 Å². The Balaban J connectivity index is 2.20. The third-order valence-electron chi connectivity index (χ3n) is 2.80. The van der Waals surface area contributed by atoms with Crippen molar-refractivity contribution in [2.45, 2.75) is 13.2 Å². The van der Waals surface area contributed by atoms with E-state index >= 15 is 0 Å². The number of halogens is 2. The SMILES string of the molecule is COc1cc(CN)cc(Cl)c1OCc1cccc(F)c1. The van der Waals surface area contributed by atoms with Gasteiger partial charge in [-0.3, -0.25) is 0 Å². The van der Waals surface area contributed by atoms with Crippen molar-refractivity contribution in [2.24, 2.45) is 5.73 Å². The highest BCUT2D eigenvalue weighted by atomic mass is 35.5. The number of methoxy groups -OCH3 is 1. The molecule has 0 unspecified atom stereocenters. The molecule has 0 amide bonds. The number of hydrogen-bond donors (Lipinski definition) is 1. The second kappa shape index (κ2) is 6.59. The zero-order chi connectivity index (χ0) is 14.5. The summed E-state index contributed by atoms with van der Waals surface area (Å²) in [5.74, 6) is 0.632. The summed E-state index contributed by atoms with van der Waals surface area (Å²) < 4.78 is 24.0. The molecule has 0 aromatic heterocycles. The molecule has 2 N–H and O–H groups in total. The average molecular weight is 296 g/mol. The summed E-state index contributed by atoms with van der Waals surface area (Å²) in [4.78, 5) is 0. The zero-order valence-electron chi connectivity index (χ0n) is 11.0. The Morgan fingerprint density at radius 3 is 2.65 bits per heavy atom. The maximum Gasteiger partial charge on any atom is 0.180 e. The van der Waals surface area contributed by atoms with Crippen LogP contribution in [0.4, 0.5) is 4.39 Å². The van der Waals surface area contributed by atoms with Crippen molar-refractivity contribution in [1.82, 2.24) is 0 Å². The van der Waals surface area contributed by atoms with Gasteiger partial charge in [0, 0.05) is 6.54 Å². The van der Waals surface area contributed by atoms with E-state index in [-0.39, 0.29) is 12.4 Å². The van der Waals surface area contributed by atoms with Gasteiger partial charge in [0.05, 0.1) is 12.1 Å². The molecular weight excluding hydrogens is 281 g/mol. The van der Waals surface area contributed by atoms with Crippen LogP contribution in [0.3, 0.4) is 0 Å². The van der Waals surface area contributed by atoms with E-state index in [1.165, 1.54) is 19.2 Å². The first-order chi connectivity index (χ1) is 9.63. The lowest BCUT2D eigenvalue weighted by atomic mass is 10.2. The molecule has 0 bridgehead atoms. The fourth-order valence-corrected chi connectivity index (χ4v) is 2.10. The molecule has 2 aromatic carbocycles. The van der Waals surface area contributed by atoms with Crippen molar-refractivity contribution in [2.75, 3.05) is 7.11 Å². The summed E-state index contributed by atoms with van der Waals surface area (Å²) in [6.07, 6.45) is 0. The third-order valence-corrected chi connectivity index (χ3v) is 3.08. The molecule has 5 heteroatoms. The predicted octanol–water partition coefficient (Wildman–Crippen LogP) is 3.53. The molecule has 20 heavy (non-hydrogen) atoms. The molecule has 0 atom stereocenters. The summed E-state index contributed by atoms with van der Waals surface area (Å²) in [7, 11) is 1.53. The lowest BCUT2D eigenvalue weighted by molar-refractivity contribution is 0.284. The van der Waals surface area contributed by atoms with E-state index in [0.717, 1.165) is 5.56 Å². The van der Waals surface area contributed by atoms with Gasteiger partial charge in [0.15, 0.2) is 11.5 Å². The Kier molecular flexibility index (Phi) is 4.82. The number of benzene rings is 2. The number of hydrogen-bond acceptors (Lipinski definition) is 3. The maximum atomic E-state index is 13.1. The molecule has 0 radical (unpaired) electrons. The number of rotatable bonds is 5. The normalized spacial score (nSPS) is 10.4. The fraction of sp³-hybridized carbons (Fsp3) is 0.200. The summed E-state index contributed by atoms with van der Waals surface area (Å²) >= 11 is 6.15. The van der Waals surface area contributed by atoms with Crippen LogP contribution in [0.15, 0.2) is 36.4 Å². The van der Waals surface area contributed by atoms with E-state index in [0.29, 0.717) is 28.6 Å². The van der Waals surface area contributed by atoms with Crippen LogP contribution in [0.2, 0.25) is 5.02 Å². The van der Waals surface area contributed by atoms with Crippen molar-refractivity contribution in [3.8, 4) is 11.5 Å². The third kappa shape index (κ3) is 3.40. The minimum atomic E-state index is -0.303. The van der Waals surface area contributed by atoms with Gasteiger partial charge in [-0.1, -0.05) is 23.7 Å². The van der Waals surface area contributed by atoms with Crippen LogP contribution >= 0.6 is 11.6 Å². The molecule has 2 rings (SSSR count). The van der Waals surface area contributed by atoms with E-state index < -0.39 is 0 Å². The first-order valence-electron chi connectivity index (χ1n) is 6.07. The fourth-order valence-electron chi connectivity index (χ4n) is 1.81. The number of ether oxygens (including phenoxy) is 2. The van der Waals surface area contributed by atoms with Gasteiger partial charge in [0.2, 0.25) is 0 Å². The van der Waals surface area contributed by atoms with Crippen LogP contribution in [0.5, 0.6) is 11.5 Å². The summed E-state index contributed by atoms with van der Waals surface area (Å²) in [5, 5.41) is 0.418. The summed E-state index contributed by atoms with van der Waals surface area (Å²) in [6.45, 7) is 0.566. The molecule has 2 aromatic rings. The predicted molar refractivity (Wildman–Crippen MR) is 76.6 cm³/mol. The Hall–Kier alpha value is -1.78. The highest BCUT2D eigenvalue weighted by Crippen LogP contribution is 2.36. The van der Waals surface area contributed by atoms with E-state index in [4.69, 9.17) is 26.8 Å². The molecule has 0 heterocycles. The Morgan fingerprint density at radius 2 is 2.00 bits per heavy atom. The van der Waals surface area contributed by atoms with Crippen LogP contribution in [-0.4, -0.2) is 7.11 Å². The summed E-state index contributed by atoms with van der Waals surface area (Å²) in [5.41, 5.74) is 7.14. The molecule has 0 aliphatic heterocycles. The second-order valence-corrected chi connectivity index (χ2v) is 4.64. The second-order valence-electron chi connectivity index (χ2n) is 4.23. The van der Waals surface area contributed by atoms with Crippen molar-refractivity contribution in [1.29, 1.82) is 0 Å². The van der Waals surface area contributed by atoms with Crippen LogP contribution in [0.25, 0.3) is 0 Å². The summed E-state index contributed by atoms with van der Waals surface area (Å²) in [6, 6.07) is 9.70. The van der Waals surface area contributed by atoms with Crippen LogP contribution in [-0.2, 0) is 13.2 Å². The molecule has 3 nitrogen and oxygen atoms in total. The molecule has 0 saturated heterocycles. The van der Waals surface area contributed by atoms with Gasteiger partial charge in [-0.2, -0.15) is 0 Å². The van der Waals surface area contributed by atoms with E-state index in [1.807, 2.05) is 0 Å². The minimum Gasteiger partial charge on any atom is -0.493 e. The smallest absolute Gasteiger partial charge is 0.180 e. The van der Waals surface area contributed by atoms with Gasteiger partial charge in [-0.05, 0) is 35.4 Å². The largest absolute Gasteiger partial charge is 0.493 e. The highest BCUT2D eigenvalue weighted by Gasteiger charge is 2.12. The minimum absolute atomic E-state index is 0.204. The van der Waals surface area contributed by atoms with Crippen molar-refractivity contribution >= 4 is 11.6 Å². The topological polar surface area (TPSA) is 44.5 Å². The molecule has 0 fully saturated rings. The molecule has 0 saturated carbocycles. The van der Waals surface area contributed by atoms with Crippen LogP contribution in [0, 0.1) is 5.82 Å². The molecule has 0 aliphatic rings.